The van der Waals surface area contributed by atoms with E-state index in [1.807, 2.05) is 12.2 Å². The number of carbonyl (C=O) groups is 1. The maximum atomic E-state index is 11.1. The molecule has 0 aromatic heterocycles. The highest BCUT2D eigenvalue weighted by Gasteiger charge is 2.13. The van der Waals surface area contributed by atoms with Crippen LogP contribution in [0.5, 0.6) is 0 Å². The molecule has 0 saturated heterocycles. The van der Waals surface area contributed by atoms with E-state index in [0.717, 1.165) is 12.7 Å². The molecule has 0 fully saturated rings. The molecule has 0 radical (unpaired) electrons. The second kappa shape index (κ2) is 16.9. The van der Waals surface area contributed by atoms with Gasteiger partial charge in [0.2, 0.25) is 11.4 Å². The third kappa shape index (κ3) is 14.3. The van der Waals surface area contributed by atoms with Crippen molar-refractivity contribution in [2.45, 2.75) is 71.1 Å². The predicted octanol–water partition coefficient (Wildman–Crippen LogP) is 5.54. The summed E-state index contributed by atoms with van der Waals surface area (Å²) in [4.78, 5) is 31.3. The Kier molecular flexibility index (Phi) is 15.3. The smallest absolute Gasteiger partial charge is 0.246 e. The molecule has 0 saturated carbocycles. The summed E-state index contributed by atoms with van der Waals surface area (Å²) in [6.45, 7) is 2.16. The molecular formula is C20H30N2O5. The molecule has 0 rings (SSSR count). The molecule has 0 aliphatic carbocycles. The van der Waals surface area contributed by atoms with Crippen LogP contribution in [0, 0.1) is 20.2 Å². The van der Waals surface area contributed by atoms with E-state index in [1.54, 1.807) is 6.08 Å². The third-order valence-corrected chi connectivity index (χ3v) is 3.83. The average molecular weight is 378 g/mol. The molecule has 27 heavy (non-hydrogen) atoms. The molecule has 0 spiro atoms. The van der Waals surface area contributed by atoms with Gasteiger partial charge in [-0.15, -0.1) is 0 Å². The maximum Gasteiger partial charge on any atom is 0.246 e. The topological polar surface area (TPSA) is 103 Å². The molecule has 0 aromatic carbocycles. The number of allylic oxidation sites excluding steroid dienone is 6. The summed E-state index contributed by atoms with van der Waals surface area (Å²) in [7, 11) is 0. The summed E-state index contributed by atoms with van der Waals surface area (Å²) in [5, 5.41) is 22.1. The minimum Gasteiger partial charge on any atom is -0.303 e. The Labute approximate surface area is 160 Å². The van der Waals surface area contributed by atoms with Gasteiger partial charge in [0.15, 0.2) is 0 Å². The quantitative estimate of drug-likeness (QED) is 0.115. The van der Waals surface area contributed by atoms with E-state index in [9.17, 15) is 25.0 Å². The first kappa shape index (κ1) is 24.4. The van der Waals surface area contributed by atoms with Crippen LogP contribution >= 0.6 is 0 Å². The van der Waals surface area contributed by atoms with E-state index in [1.165, 1.54) is 31.4 Å². The number of hydrogen-bond donors (Lipinski definition) is 0. The minimum atomic E-state index is -0.534. The summed E-state index contributed by atoms with van der Waals surface area (Å²) in [6, 6.07) is 0. The summed E-state index contributed by atoms with van der Waals surface area (Å²) in [5.41, 5.74) is -0.141. The average Bonchev–Trinajstić information content (AvgIpc) is 2.63. The van der Waals surface area contributed by atoms with Gasteiger partial charge >= 0.3 is 0 Å². The van der Waals surface area contributed by atoms with Gasteiger partial charge in [0, 0.05) is 6.42 Å². The van der Waals surface area contributed by atoms with Crippen molar-refractivity contribution >= 4 is 6.29 Å². The molecule has 150 valence electrons. The van der Waals surface area contributed by atoms with Crippen molar-refractivity contribution in [3.63, 3.8) is 0 Å². The Morgan fingerprint density at radius 2 is 1.44 bits per heavy atom. The summed E-state index contributed by atoms with van der Waals surface area (Å²) < 4.78 is 0. The van der Waals surface area contributed by atoms with Crippen molar-refractivity contribution in [3.8, 4) is 0 Å². The van der Waals surface area contributed by atoms with E-state index < -0.39 is 9.85 Å². The molecule has 0 aromatic rings. The summed E-state index contributed by atoms with van der Waals surface area (Å²) in [6.07, 6.45) is 17.8. The Morgan fingerprint density at radius 3 is 2.07 bits per heavy atom. The van der Waals surface area contributed by atoms with Crippen LogP contribution in [-0.2, 0) is 4.79 Å². The van der Waals surface area contributed by atoms with Crippen LogP contribution < -0.4 is 0 Å². The van der Waals surface area contributed by atoms with E-state index in [0.29, 0.717) is 25.7 Å². The fourth-order valence-corrected chi connectivity index (χ4v) is 2.26. The number of carbonyl (C=O) groups excluding carboxylic acids is 1. The van der Waals surface area contributed by atoms with Crippen LogP contribution in [-0.4, -0.2) is 16.1 Å². The number of aldehydes is 1. The monoisotopic (exact) mass is 378 g/mol. The van der Waals surface area contributed by atoms with Crippen molar-refractivity contribution in [1.82, 2.24) is 0 Å². The first-order chi connectivity index (χ1) is 13.0. The molecule has 0 aliphatic rings. The van der Waals surface area contributed by atoms with Gasteiger partial charge in [0.25, 0.3) is 0 Å². The lowest BCUT2D eigenvalue weighted by atomic mass is 10.1. The van der Waals surface area contributed by atoms with Crippen LogP contribution in [0.4, 0.5) is 0 Å². The zero-order chi connectivity index (χ0) is 20.3. The van der Waals surface area contributed by atoms with Gasteiger partial charge in [-0.05, 0) is 44.3 Å². The SMILES string of the molecule is CCCCC/C=C/C/C=C/C/C(=C/C/C(=C/CCCC=O)[N+](=O)[O-])[N+](=O)[O-]. The second-order valence-electron chi connectivity index (χ2n) is 6.09. The number of rotatable bonds is 16. The summed E-state index contributed by atoms with van der Waals surface area (Å²) >= 11 is 0. The lowest BCUT2D eigenvalue weighted by Gasteiger charge is -1.97. The molecule has 0 amide bonds. The van der Waals surface area contributed by atoms with Gasteiger partial charge in [-0.1, -0.05) is 44.1 Å². The standard InChI is InChI=1S/C20H30N2O5/c1-2-3-4-5-6-7-8-9-11-14-19(21(24)25)16-17-20(22(26)27)15-12-10-13-18-23/h6-7,9,11,15-16,18H,2-5,8,10,12-14,17H2,1H3/b7-6+,11-9+,19-16-,20-15-. The molecule has 7 heteroatoms. The lowest BCUT2D eigenvalue weighted by molar-refractivity contribution is -0.431. The fraction of sp³-hybridized carbons (Fsp3) is 0.550. The van der Waals surface area contributed by atoms with E-state index in [4.69, 9.17) is 0 Å². The molecule has 0 unspecified atom stereocenters. The zero-order valence-electron chi connectivity index (χ0n) is 16.0. The van der Waals surface area contributed by atoms with Crippen molar-refractivity contribution in [1.29, 1.82) is 0 Å². The Morgan fingerprint density at radius 1 is 0.778 bits per heavy atom. The van der Waals surface area contributed by atoms with Crippen LogP contribution in [0.1, 0.15) is 71.1 Å². The lowest BCUT2D eigenvalue weighted by Crippen LogP contribution is -2.01. The molecule has 0 heterocycles. The number of nitro groups is 2. The van der Waals surface area contributed by atoms with Gasteiger partial charge in [-0.2, -0.15) is 0 Å². The second-order valence-corrected chi connectivity index (χ2v) is 6.09. The fourth-order valence-electron chi connectivity index (χ4n) is 2.26. The van der Waals surface area contributed by atoms with Gasteiger partial charge in [-0.25, -0.2) is 0 Å². The number of nitrogens with zero attached hydrogens (tertiary/aromatic N) is 2. The van der Waals surface area contributed by atoms with Crippen LogP contribution in [0.3, 0.4) is 0 Å². The van der Waals surface area contributed by atoms with Crippen molar-refractivity contribution in [2.24, 2.45) is 0 Å². The number of unbranched alkanes of at least 4 members (excludes halogenated alkanes) is 5. The van der Waals surface area contributed by atoms with Gasteiger partial charge in [-0.3, -0.25) is 20.2 Å². The molecular weight excluding hydrogens is 348 g/mol. The van der Waals surface area contributed by atoms with E-state index >= 15 is 0 Å². The van der Waals surface area contributed by atoms with E-state index in [2.05, 4.69) is 13.0 Å². The third-order valence-electron chi connectivity index (χ3n) is 3.83. The molecule has 0 N–H and O–H groups in total. The molecule has 0 aliphatic heterocycles. The van der Waals surface area contributed by atoms with Crippen LogP contribution in [0.25, 0.3) is 0 Å². The predicted molar refractivity (Wildman–Crippen MR) is 106 cm³/mol. The highest BCUT2D eigenvalue weighted by Crippen LogP contribution is 2.12. The molecule has 0 atom stereocenters. The normalized spacial score (nSPS) is 12.8. The van der Waals surface area contributed by atoms with Crippen molar-refractivity contribution in [2.75, 3.05) is 0 Å². The molecule has 0 bridgehead atoms. The van der Waals surface area contributed by atoms with Crippen molar-refractivity contribution < 1.29 is 14.6 Å². The first-order valence-corrected chi connectivity index (χ1v) is 9.43. The van der Waals surface area contributed by atoms with E-state index in [-0.39, 0.29) is 24.2 Å². The highest BCUT2D eigenvalue weighted by molar-refractivity contribution is 5.49. The van der Waals surface area contributed by atoms with Crippen LogP contribution in [0.15, 0.2) is 47.9 Å². The van der Waals surface area contributed by atoms with Gasteiger partial charge in [0.1, 0.15) is 6.29 Å². The first-order valence-electron chi connectivity index (χ1n) is 9.43. The van der Waals surface area contributed by atoms with Gasteiger partial charge < -0.3 is 4.79 Å². The zero-order valence-corrected chi connectivity index (χ0v) is 16.0. The number of hydrogen-bond acceptors (Lipinski definition) is 5. The summed E-state index contributed by atoms with van der Waals surface area (Å²) in [5.74, 6) is 0. The Hall–Kier alpha value is -2.57. The Bertz CT molecular complexity index is 577. The van der Waals surface area contributed by atoms with Crippen LogP contribution in [0.2, 0.25) is 0 Å². The highest BCUT2D eigenvalue weighted by atomic mass is 16.6. The minimum absolute atomic E-state index is 0.0567. The Balaban J connectivity index is 4.54. The maximum absolute atomic E-state index is 11.1. The van der Waals surface area contributed by atoms with Gasteiger partial charge in [0.05, 0.1) is 22.7 Å². The van der Waals surface area contributed by atoms with Crippen molar-refractivity contribution in [3.05, 3.63) is 68.1 Å². The largest absolute Gasteiger partial charge is 0.303 e. The molecule has 7 nitrogen and oxygen atoms in total.